The molecule has 29 heavy (non-hydrogen) atoms. The highest BCUT2D eigenvalue weighted by atomic mass is 35.5. The first-order valence-corrected chi connectivity index (χ1v) is 8.97. The van der Waals surface area contributed by atoms with E-state index in [1.807, 2.05) is 0 Å². The number of hydrogen-bond donors (Lipinski definition) is 0. The molecule has 152 valence electrons. The highest BCUT2D eigenvalue weighted by Crippen LogP contribution is 2.44. The molecule has 0 unspecified atom stereocenters. The number of carbonyl (C=O) groups is 1. The summed E-state index contributed by atoms with van der Waals surface area (Å²) in [5.41, 5.74) is -1.59. The Morgan fingerprint density at radius 2 is 1.59 bits per heavy atom. The molecule has 10 heteroatoms. The van der Waals surface area contributed by atoms with E-state index in [1.54, 1.807) is 24.3 Å². The fraction of sp³-hybridized carbons (Fsp3) is 0.105. The van der Waals surface area contributed by atoms with E-state index in [0.717, 1.165) is 5.39 Å². The molecule has 3 aromatic rings. The van der Waals surface area contributed by atoms with Crippen LogP contribution in [-0.2, 0) is 11.0 Å². The summed E-state index contributed by atoms with van der Waals surface area (Å²) in [6, 6.07) is 10.0. The second-order valence-corrected chi connectivity index (χ2v) is 6.98. The highest BCUT2D eigenvalue weighted by Gasteiger charge is 2.37. The average Bonchev–Trinajstić information content (AvgIpc) is 2.65. The van der Waals surface area contributed by atoms with Crippen molar-refractivity contribution < 1.29 is 31.8 Å². The summed E-state index contributed by atoms with van der Waals surface area (Å²) in [6.45, 7) is -0.320. The van der Waals surface area contributed by atoms with Gasteiger partial charge in [-0.15, -0.1) is 0 Å². The Hall–Kier alpha value is -2.22. The van der Waals surface area contributed by atoms with E-state index >= 15 is 0 Å². The zero-order valence-corrected chi connectivity index (χ0v) is 16.4. The van der Waals surface area contributed by atoms with Gasteiger partial charge in [-0.3, -0.25) is 4.79 Å². The molecule has 0 radical (unpaired) electrons. The van der Waals surface area contributed by atoms with Crippen LogP contribution in [-0.4, -0.2) is 11.8 Å². The van der Waals surface area contributed by atoms with Crippen molar-refractivity contribution in [3.63, 3.8) is 0 Å². The summed E-state index contributed by atoms with van der Waals surface area (Å²) in [4.78, 5) is 10.8. The second kappa shape index (κ2) is 8.26. The zero-order chi connectivity index (χ0) is 21.3. The molecule has 3 aromatic carbocycles. The molecule has 0 saturated heterocycles. The van der Waals surface area contributed by atoms with Crippen molar-refractivity contribution in [2.45, 2.75) is 6.18 Å². The molecule has 0 aliphatic heterocycles. The number of benzene rings is 3. The minimum atomic E-state index is -4.96. The Morgan fingerprint density at radius 1 is 0.966 bits per heavy atom. The Labute approximate surface area is 176 Å². The number of ether oxygens (including phenoxy) is 2. The van der Waals surface area contributed by atoms with Crippen LogP contribution >= 0.6 is 34.8 Å². The van der Waals surface area contributed by atoms with Gasteiger partial charge >= 0.3 is 6.18 Å². The molecule has 0 N–H and O–H groups in total. The van der Waals surface area contributed by atoms with Crippen molar-refractivity contribution in [3.8, 4) is 17.2 Å². The highest BCUT2D eigenvalue weighted by molar-refractivity contribution is 6.63. The largest absolute Gasteiger partial charge is 0.484 e. The van der Waals surface area contributed by atoms with Gasteiger partial charge in [0.2, 0.25) is 0 Å². The lowest BCUT2D eigenvalue weighted by molar-refractivity contribution is -0.140. The van der Waals surface area contributed by atoms with Crippen LogP contribution in [0.3, 0.4) is 0 Å². The molecule has 3 rings (SSSR count). The first-order valence-electron chi connectivity index (χ1n) is 7.84. The monoisotopic (exact) mass is 466 g/mol. The summed E-state index contributed by atoms with van der Waals surface area (Å²) in [6.07, 6.45) is -4.96. The van der Waals surface area contributed by atoms with Crippen LogP contribution in [0.4, 0.5) is 17.6 Å². The molecule has 0 amide bonds. The molecule has 0 saturated carbocycles. The van der Waals surface area contributed by atoms with Gasteiger partial charge < -0.3 is 9.47 Å². The van der Waals surface area contributed by atoms with E-state index in [-0.39, 0.29) is 12.4 Å². The molecule has 0 heterocycles. The lowest BCUT2D eigenvalue weighted by atomic mass is 10.1. The van der Waals surface area contributed by atoms with Crippen LogP contribution in [0.15, 0.2) is 42.5 Å². The summed E-state index contributed by atoms with van der Waals surface area (Å²) in [7, 11) is 0. The maximum absolute atomic E-state index is 14.1. The third kappa shape index (κ3) is 4.86. The van der Waals surface area contributed by atoms with Crippen LogP contribution in [0.5, 0.6) is 17.2 Å². The lowest BCUT2D eigenvalue weighted by Gasteiger charge is -2.15. The third-order valence-corrected chi connectivity index (χ3v) is 4.50. The minimum absolute atomic E-state index is 0.144. The fourth-order valence-corrected chi connectivity index (χ4v) is 3.08. The van der Waals surface area contributed by atoms with Gasteiger partial charge in [0.1, 0.15) is 16.5 Å². The predicted octanol–water partition coefficient (Wildman–Crippen LogP) is 7.24. The Balaban J connectivity index is 1.95. The number of hydrogen-bond acceptors (Lipinski definition) is 3. The van der Waals surface area contributed by atoms with Crippen molar-refractivity contribution in [2.24, 2.45) is 0 Å². The van der Waals surface area contributed by atoms with Crippen molar-refractivity contribution in [2.75, 3.05) is 6.61 Å². The molecule has 0 spiro atoms. The quantitative estimate of drug-likeness (QED) is 0.225. The van der Waals surface area contributed by atoms with Crippen molar-refractivity contribution in [1.29, 1.82) is 0 Å². The van der Waals surface area contributed by atoms with E-state index in [0.29, 0.717) is 17.2 Å². The van der Waals surface area contributed by atoms with Gasteiger partial charge in [-0.1, -0.05) is 35.3 Å². The van der Waals surface area contributed by atoms with E-state index in [9.17, 15) is 22.4 Å². The van der Waals surface area contributed by atoms with Gasteiger partial charge in [0, 0.05) is 0 Å². The van der Waals surface area contributed by atoms with Crippen molar-refractivity contribution in [3.05, 3.63) is 63.9 Å². The van der Waals surface area contributed by atoms with Crippen molar-refractivity contribution >= 4 is 50.8 Å². The van der Waals surface area contributed by atoms with Crippen LogP contribution in [0.25, 0.3) is 10.8 Å². The standard InChI is InChI=1S/C19H9Cl3F4O3/c20-14-7-13(19(24,25)26)17(23)16(22)18(14)29-12-4-2-9-1-3-11(5-10(9)6-12)28-8-15(21)27/h1-7H,8H2. The molecule has 3 nitrogen and oxygen atoms in total. The molecule has 0 aliphatic carbocycles. The van der Waals surface area contributed by atoms with Gasteiger partial charge in [0.25, 0.3) is 5.24 Å². The maximum Gasteiger partial charge on any atom is 0.419 e. The van der Waals surface area contributed by atoms with Gasteiger partial charge in [-0.25, -0.2) is 4.39 Å². The first-order chi connectivity index (χ1) is 13.6. The minimum Gasteiger partial charge on any atom is -0.484 e. The van der Waals surface area contributed by atoms with Gasteiger partial charge in [-0.2, -0.15) is 13.2 Å². The van der Waals surface area contributed by atoms with Crippen LogP contribution < -0.4 is 9.47 Å². The summed E-state index contributed by atoms with van der Waals surface area (Å²) < 4.78 is 63.3. The van der Waals surface area contributed by atoms with Gasteiger partial charge in [0.15, 0.2) is 18.2 Å². The SMILES string of the molecule is O=C(Cl)COc1ccc2ccc(Oc3c(Cl)cc(C(F)(F)F)c(F)c3Cl)cc2c1. The Kier molecular flexibility index (Phi) is 6.12. The van der Waals surface area contributed by atoms with E-state index in [2.05, 4.69) is 0 Å². The smallest absolute Gasteiger partial charge is 0.419 e. The number of fused-ring (bicyclic) bond motifs is 1. The number of carbonyl (C=O) groups excluding carboxylic acids is 1. The van der Waals surface area contributed by atoms with Gasteiger partial charge in [-0.05, 0) is 52.7 Å². The summed E-state index contributed by atoms with van der Waals surface area (Å²) in [5, 5.41) is -0.667. The second-order valence-electron chi connectivity index (χ2n) is 5.78. The maximum atomic E-state index is 14.1. The third-order valence-electron chi connectivity index (χ3n) is 3.78. The lowest BCUT2D eigenvalue weighted by Crippen LogP contribution is -2.09. The normalized spacial score (nSPS) is 11.6. The molecule has 0 fully saturated rings. The number of halogens is 7. The molecular formula is C19H9Cl3F4O3. The molecular weight excluding hydrogens is 459 g/mol. The van der Waals surface area contributed by atoms with E-state index in [4.69, 9.17) is 44.3 Å². The van der Waals surface area contributed by atoms with Crippen molar-refractivity contribution in [1.82, 2.24) is 0 Å². The molecule has 0 aliphatic rings. The molecule has 0 atom stereocenters. The van der Waals surface area contributed by atoms with Crippen LogP contribution in [0.2, 0.25) is 10.0 Å². The molecule has 0 aromatic heterocycles. The van der Waals surface area contributed by atoms with Crippen LogP contribution in [0.1, 0.15) is 5.56 Å². The van der Waals surface area contributed by atoms with Gasteiger partial charge in [0.05, 0.1) is 10.6 Å². The zero-order valence-electron chi connectivity index (χ0n) is 14.1. The Morgan fingerprint density at radius 3 is 2.21 bits per heavy atom. The fourth-order valence-electron chi connectivity index (χ4n) is 2.49. The van der Waals surface area contributed by atoms with Crippen LogP contribution in [0, 0.1) is 5.82 Å². The first kappa shape index (κ1) is 21.5. The Bertz CT molecular complexity index is 1100. The molecule has 0 bridgehead atoms. The average molecular weight is 468 g/mol. The number of rotatable bonds is 5. The summed E-state index contributed by atoms with van der Waals surface area (Å²) in [5.74, 6) is -1.62. The predicted molar refractivity (Wildman–Crippen MR) is 102 cm³/mol. The van der Waals surface area contributed by atoms with E-state index in [1.165, 1.54) is 12.1 Å². The topological polar surface area (TPSA) is 35.5 Å². The van der Waals surface area contributed by atoms with E-state index < -0.39 is 38.6 Å². The summed E-state index contributed by atoms with van der Waals surface area (Å²) >= 11 is 16.8. The number of alkyl halides is 3.